The normalized spacial score (nSPS) is 37.8. The molecule has 2 fully saturated rings. The number of hydrogen-bond donors (Lipinski definition) is 3. The van der Waals surface area contributed by atoms with Gasteiger partial charge in [-0.2, -0.15) is 0 Å². The first-order valence-electron chi connectivity index (χ1n) is 6.36. The van der Waals surface area contributed by atoms with E-state index in [9.17, 15) is 13.5 Å². The maximum absolute atomic E-state index is 11.5. The molecule has 2 atom stereocenters. The lowest BCUT2D eigenvalue weighted by Crippen LogP contribution is -2.54. The van der Waals surface area contributed by atoms with Gasteiger partial charge < -0.3 is 15.7 Å². The van der Waals surface area contributed by atoms with E-state index in [1.165, 1.54) is 0 Å². The van der Waals surface area contributed by atoms with Crippen LogP contribution >= 0.6 is 0 Å². The van der Waals surface area contributed by atoms with Crippen molar-refractivity contribution in [1.29, 1.82) is 0 Å². The average molecular weight is 262 g/mol. The molecule has 5 nitrogen and oxygen atoms in total. The van der Waals surface area contributed by atoms with Crippen molar-refractivity contribution in [3.05, 3.63) is 0 Å². The Morgan fingerprint density at radius 3 is 2.88 bits per heavy atom. The Morgan fingerprint density at radius 1 is 1.41 bits per heavy atom. The van der Waals surface area contributed by atoms with E-state index in [0.717, 1.165) is 32.2 Å². The van der Waals surface area contributed by atoms with Crippen molar-refractivity contribution in [3.8, 4) is 0 Å². The van der Waals surface area contributed by atoms with Crippen molar-refractivity contribution in [3.63, 3.8) is 0 Å². The Kier molecular flexibility index (Phi) is 4.07. The summed E-state index contributed by atoms with van der Waals surface area (Å²) >= 11 is 0. The minimum absolute atomic E-state index is 0.0136. The van der Waals surface area contributed by atoms with Gasteiger partial charge in [0.25, 0.3) is 0 Å². The zero-order valence-electron chi connectivity index (χ0n) is 10.1. The molecule has 2 rings (SSSR count). The van der Waals surface area contributed by atoms with Crippen LogP contribution in [0.2, 0.25) is 0 Å². The highest BCUT2D eigenvalue weighted by molar-refractivity contribution is 7.91. The van der Waals surface area contributed by atoms with Crippen LogP contribution in [0, 0.1) is 0 Å². The fraction of sp³-hybridized carbons (Fsp3) is 1.00. The van der Waals surface area contributed by atoms with Gasteiger partial charge in [-0.3, -0.25) is 0 Å². The van der Waals surface area contributed by atoms with Crippen LogP contribution in [0.1, 0.15) is 25.7 Å². The Bertz CT molecular complexity index is 350. The van der Waals surface area contributed by atoms with E-state index in [1.54, 1.807) is 0 Å². The number of nitrogens with one attached hydrogen (secondary N) is 2. The second-order valence-corrected chi connectivity index (χ2v) is 7.57. The van der Waals surface area contributed by atoms with Crippen molar-refractivity contribution in [2.75, 3.05) is 31.1 Å². The van der Waals surface area contributed by atoms with Gasteiger partial charge in [0.1, 0.15) is 0 Å². The van der Waals surface area contributed by atoms with Gasteiger partial charge in [0.15, 0.2) is 9.84 Å². The van der Waals surface area contributed by atoms with Gasteiger partial charge in [0, 0.05) is 19.1 Å². The molecular formula is C11H22N2O3S. The van der Waals surface area contributed by atoms with Crippen LogP contribution in [0.4, 0.5) is 0 Å². The molecule has 0 aromatic carbocycles. The van der Waals surface area contributed by atoms with E-state index in [-0.39, 0.29) is 11.8 Å². The largest absolute Gasteiger partial charge is 0.387 e. The van der Waals surface area contributed by atoms with E-state index in [1.807, 2.05) is 0 Å². The SMILES string of the molecule is O=S1(=O)CCCC(NCC2(O)CCCNC2)C1. The number of β-amino-alcohol motifs (C(OH)–C–C–N with tert-alkyl or cyclic N) is 1. The third-order valence-corrected chi connectivity index (χ3v) is 5.45. The lowest BCUT2D eigenvalue weighted by atomic mass is 9.94. The van der Waals surface area contributed by atoms with E-state index >= 15 is 0 Å². The number of aliphatic hydroxyl groups is 1. The predicted octanol–water partition coefficient (Wildman–Crippen LogP) is -0.732. The summed E-state index contributed by atoms with van der Waals surface area (Å²) in [6.07, 6.45) is 3.38. The van der Waals surface area contributed by atoms with E-state index in [0.29, 0.717) is 18.8 Å². The molecule has 0 radical (unpaired) electrons. The van der Waals surface area contributed by atoms with Crippen molar-refractivity contribution in [2.24, 2.45) is 0 Å². The fourth-order valence-corrected chi connectivity index (χ4v) is 4.29. The topological polar surface area (TPSA) is 78.4 Å². The van der Waals surface area contributed by atoms with Crippen LogP contribution < -0.4 is 10.6 Å². The molecule has 0 spiro atoms. The third-order valence-electron chi connectivity index (χ3n) is 3.63. The number of sulfone groups is 1. The summed E-state index contributed by atoms with van der Waals surface area (Å²) < 4.78 is 23.0. The van der Waals surface area contributed by atoms with E-state index < -0.39 is 15.4 Å². The van der Waals surface area contributed by atoms with Gasteiger partial charge in [-0.15, -0.1) is 0 Å². The summed E-state index contributed by atoms with van der Waals surface area (Å²) in [6, 6.07) is 0.0136. The summed E-state index contributed by atoms with van der Waals surface area (Å²) in [7, 11) is -2.86. The van der Waals surface area contributed by atoms with Crippen LogP contribution in [0.15, 0.2) is 0 Å². The maximum Gasteiger partial charge on any atom is 0.151 e. The smallest absolute Gasteiger partial charge is 0.151 e. The van der Waals surface area contributed by atoms with Crippen molar-refractivity contribution in [1.82, 2.24) is 10.6 Å². The Hall–Kier alpha value is -0.170. The van der Waals surface area contributed by atoms with E-state index in [2.05, 4.69) is 10.6 Å². The molecule has 100 valence electrons. The van der Waals surface area contributed by atoms with Gasteiger partial charge in [-0.05, 0) is 32.2 Å². The molecule has 3 N–H and O–H groups in total. The Labute approximate surface area is 103 Å². The molecule has 0 aliphatic carbocycles. The molecule has 2 heterocycles. The summed E-state index contributed by atoms with van der Waals surface area (Å²) in [4.78, 5) is 0. The summed E-state index contributed by atoms with van der Waals surface area (Å²) in [6.45, 7) is 2.04. The van der Waals surface area contributed by atoms with Crippen LogP contribution in [0.3, 0.4) is 0 Å². The van der Waals surface area contributed by atoms with Gasteiger partial charge in [-0.25, -0.2) is 8.42 Å². The molecule has 6 heteroatoms. The molecule has 2 aliphatic rings. The highest BCUT2D eigenvalue weighted by atomic mass is 32.2. The standard InChI is InChI=1S/C11H22N2O3S/c14-11(4-2-5-12-8-11)9-13-10-3-1-6-17(15,16)7-10/h10,12-14H,1-9H2. The van der Waals surface area contributed by atoms with Gasteiger partial charge in [-0.1, -0.05) is 0 Å². The minimum Gasteiger partial charge on any atom is -0.387 e. The molecule has 0 saturated carbocycles. The van der Waals surface area contributed by atoms with Crippen LogP contribution in [0.5, 0.6) is 0 Å². The van der Waals surface area contributed by atoms with Crippen molar-refractivity contribution >= 4 is 9.84 Å². The van der Waals surface area contributed by atoms with Gasteiger partial charge in [0.05, 0.1) is 17.1 Å². The number of rotatable bonds is 3. The van der Waals surface area contributed by atoms with Crippen LogP contribution in [-0.4, -0.2) is 56.3 Å². The Balaban J connectivity index is 1.81. The lowest BCUT2D eigenvalue weighted by molar-refractivity contribution is 0.0150. The number of piperidine rings is 1. The summed E-state index contributed by atoms with van der Waals surface area (Å²) in [5.74, 6) is 0.535. The second-order valence-electron chi connectivity index (χ2n) is 5.34. The zero-order valence-corrected chi connectivity index (χ0v) is 10.9. The highest BCUT2D eigenvalue weighted by Crippen LogP contribution is 2.17. The monoisotopic (exact) mass is 262 g/mol. The van der Waals surface area contributed by atoms with Crippen LogP contribution in [-0.2, 0) is 9.84 Å². The first kappa shape index (κ1) is 13.3. The van der Waals surface area contributed by atoms with Crippen molar-refractivity contribution < 1.29 is 13.5 Å². The molecule has 0 bridgehead atoms. The molecule has 0 amide bonds. The zero-order chi connectivity index (χ0) is 12.4. The van der Waals surface area contributed by atoms with E-state index in [4.69, 9.17) is 0 Å². The molecule has 0 aromatic rings. The summed E-state index contributed by atoms with van der Waals surface area (Å²) in [5.41, 5.74) is -0.709. The quantitative estimate of drug-likeness (QED) is 0.625. The fourth-order valence-electron chi connectivity index (χ4n) is 2.62. The van der Waals surface area contributed by atoms with Gasteiger partial charge >= 0.3 is 0 Å². The molecule has 2 saturated heterocycles. The Morgan fingerprint density at radius 2 is 2.24 bits per heavy atom. The average Bonchev–Trinajstić information content (AvgIpc) is 2.26. The lowest BCUT2D eigenvalue weighted by Gasteiger charge is -2.35. The van der Waals surface area contributed by atoms with Crippen LogP contribution in [0.25, 0.3) is 0 Å². The summed E-state index contributed by atoms with van der Waals surface area (Å²) in [5, 5.41) is 16.6. The molecule has 2 aliphatic heterocycles. The first-order valence-corrected chi connectivity index (χ1v) is 8.18. The first-order chi connectivity index (χ1) is 7.99. The highest BCUT2D eigenvalue weighted by Gasteiger charge is 2.31. The maximum atomic E-state index is 11.5. The second kappa shape index (κ2) is 5.22. The third kappa shape index (κ3) is 3.91. The minimum atomic E-state index is -2.86. The molecule has 0 aromatic heterocycles. The molecule has 17 heavy (non-hydrogen) atoms. The van der Waals surface area contributed by atoms with Crippen molar-refractivity contribution in [2.45, 2.75) is 37.3 Å². The van der Waals surface area contributed by atoms with Gasteiger partial charge in [0.2, 0.25) is 0 Å². The molecular weight excluding hydrogens is 240 g/mol. The molecule has 2 unspecified atom stereocenters. The predicted molar refractivity (Wildman–Crippen MR) is 66.7 cm³/mol. The number of hydrogen-bond acceptors (Lipinski definition) is 5.